The maximum Gasteiger partial charge on any atom is 0.293 e. The Bertz CT molecular complexity index is 1090. The number of rotatable bonds is 3. The monoisotopic (exact) mass is 454 g/mol. The zero-order chi connectivity index (χ0) is 22.5. The van der Waals surface area contributed by atoms with Crippen molar-refractivity contribution in [3.63, 3.8) is 0 Å². The van der Waals surface area contributed by atoms with E-state index in [1.54, 1.807) is 12.1 Å². The first-order valence-electron chi connectivity index (χ1n) is 10.4. The largest absolute Gasteiger partial charge is 0.369 e. The van der Waals surface area contributed by atoms with Gasteiger partial charge in [0.15, 0.2) is 0 Å². The van der Waals surface area contributed by atoms with Crippen LogP contribution in [0, 0.1) is 6.92 Å². The molecule has 1 fully saturated rings. The molecule has 0 N–H and O–H groups in total. The molecule has 4 nitrogen and oxygen atoms in total. The molecule has 2 aliphatic rings. The van der Waals surface area contributed by atoms with Gasteiger partial charge in [-0.25, -0.2) is 0 Å². The molecule has 0 bridgehead atoms. The SMILES string of the molecule is Cc1cc2c(cc1/C=C1\SC(=O)N(Cc3ccc(Cl)cc3)C1=O)C(C)CC(C)(C)N2C. The number of benzene rings is 2. The van der Waals surface area contributed by atoms with Gasteiger partial charge in [-0.15, -0.1) is 0 Å². The van der Waals surface area contributed by atoms with Crippen LogP contribution < -0.4 is 4.90 Å². The minimum atomic E-state index is -0.242. The van der Waals surface area contributed by atoms with Crippen molar-refractivity contribution >= 4 is 46.3 Å². The lowest BCUT2D eigenvalue weighted by atomic mass is 9.79. The fraction of sp³-hybridized carbons (Fsp3) is 0.360. The third kappa shape index (κ3) is 4.13. The highest BCUT2D eigenvalue weighted by Crippen LogP contribution is 2.44. The van der Waals surface area contributed by atoms with E-state index < -0.39 is 0 Å². The quantitative estimate of drug-likeness (QED) is 0.489. The molecule has 1 unspecified atom stereocenters. The Morgan fingerprint density at radius 3 is 2.55 bits per heavy atom. The topological polar surface area (TPSA) is 40.6 Å². The first-order chi connectivity index (χ1) is 14.6. The van der Waals surface area contributed by atoms with E-state index in [0.29, 0.717) is 15.8 Å². The average Bonchev–Trinajstić information content (AvgIpc) is 2.96. The number of nitrogens with zero attached hydrogens (tertiary/aromatic N) is 2. The fourth-order valence-corrected chi connectivity index (χ4v) is 5.40. The lowest BCUT2D eigenvalue weighted by molar-refractivity contribution is -0.123. The zero-order valence-corrected chi connectivity index (χ0v) is 20.1. The third-order valence-corrected chi connectivity index (χ3v) is 7.59. The number of carbonyl (C=O) groups is 2. The Morgan fingerprint density at radius 1 is 1.19 bits per heavy atom. The fourth-order valence-electron chi connectivity index (χ4n) is 4.44. The van der Waals surface area contributed by atoms with Crippen LogP contribution in [0.4, 0.5) is 10.5 Å². The summed E-state index contributed by atoms with van der Waals surface area (Å²) in [4.78, 5) is 29.6. The van der Waals surface area contributed by atoms with Crippen LogP contribution in [0.3, 0.4) is 0 Å². The van der Waals surface area contributed by atoms with Gasteiger partial charge >= 0.3 is 0 Å². The van der Waals surface area contributed by atoms with Gasteiger partial charge in [0.25, 0.3) is 11.1 Å². The van der Waals surface area contributed by atoms with Crippen LogP contribution in [0.25, 0.3) is 6.08 Å². The minimum Gasteiger partial charge on any atom is -0.369 e. The number of hydrogen-bond donors (Lipinski definition) is 0. The van der Waals surface area contributed by atoms with Gasteiger partial charge in [-0.3, -0.25) is 14.5 Å². The van der Waals surface area contributed by atoms with Crippen molar-refractivity contribution in [2.75, 3.05) is 11.9 Å². The van der Waals surface area contributed by atoms with Crippen LogP contribution in [-0.2, 0) is 11.3 Å². The smallest absolute Gasteiger partial charge is 0.293 e. The van der Waals surface area contributed by atoms with Gasteiger partial charge in [0, 0.05) is 23.3 Å². The second-order valence-corrected chi connectivity index (χ2v) is 10.6. The Hall–Kier alpha value is -2.24. The number of thioether (sulfide) groups is 1. The van der Waals surface area contributed by atoms with Gasteiger partial charge < -0.3 is 4.90 Å². The highest BCUT2D eigenvalue weighted by molar-refractivity contribution is 8.18. The molecule has 0 radical (unpaired) electrons. The number of anilines is 1. The van der Waals surface area contributed by atoms with E-state index in [2.05, 4.69) is 51.8 Å². The molecule has 31 heavy (non-hydrogen) atoms. The molecule has 1 atom stereocenters. The number of aryl methyl sites for hydroxylation is 1. The Morgan fingerprint density at radius 2 is 1.87 bits per heavy atom. The summed E-state index contributed by atoms with van der Waals surface area (Å²) in [5.74, 6) is 0.183. The van der Waals surface area contributed by atoms with Crippen molar-refractivity contribution < 1.29 is 9.59 Å². The van der Waals surface area contributed by atoms with Crippen LogP contribution >= 0.6 is 23.4 Å². The second-order valence-electron chi connectivity index (χ2n) is 9.14. The molecule has 0 spiro atoms. The molecule has 162 valence electrons. The van der Waals surface area contributed by atoms with Gasteiger partial charge in [0.05, 0.1) is 11.4 Å². The van der Waals surface area contributed by atoms with Crippen molar-refractivity contribution in [2.24, 2.45) is 0 Å². The normalized spacial score (nSPS) is 21.7. The lowest BCUT2D eigenvalue weighted by Gasteiger charge is -2.45. The van der Waals surface area contributed by atoms with Gasteiger partial charge in [0.2, 0.25) is 0 Å². The predicted octanol–water partition coefficient (Wildman–Crippen LogP) is 6.61. The van der Waals surface area contributed by atoms with Gasteiger partial charge in [0.1, 0.15) is 0 Å². The molecular formula is C25H27ClN2O2S. The Labute approximate surface area is 193 Å². The number of carbonyl (C=O) groups excluding carboxylic acids is 2. The van der Waals surface area contributed by atoms with E-state index >= 15 is 0 Å². The highest BCUT2D eigenvalue weighted by Gasteiger charge is 2.36. The van der Waals surface area contributed by atoms with E-state index in [-0.39, 0.29) is 23.2 Å². The Kier molecular flexibility index (Phi) is 5.69. The number of amides is 2. The van der Waals surface area contributed by atoms with Crippen LogP contribution in [0.5, 0.6) is 0 Å². The highest BCUT2D eigenvalue weighted by atomic mass is 35.5. The van der Waals surface area contributed by atoms with Crippen molar-refractivity contribution in [3.05, 3.63) is 68.6 Å². The van der Waals surface area contributed by atoms with Crippen molar-refractivity contribution in [1.82, 2.24) is 4.90 Å². The Balaban J connectivity index is 1.63. The average molecular weight is 455 g/mol. The first kappa shape index (κ1) is 22.0. The van der Waals surface area contributed by atoms with Crippen LogP contribution in [-0.4, -0.2) is 28.6 Å². The number of fused-ring (bicyclic) bond motifs is 1. The van der Waals surface area contributed by atoms with E-state index in [9.17, 15) is 9.59 Å². The molecule has 0 aliphatic carbocycles. The molecule has 2 aromatic rings. The molecular weight excluding hydrogens is 428 g/mol. The summed E-state index contributed by atoms with van der Waals surface area (Å²) in [5, 5.41) is 0.389. The predicted molar refractivity (Wildman–Crippen MR) is 130 cm³/mol. The maximum atomic E-state index is 13.0. The summed E-state index contributed by atoms with van der Waals surface area (Å²) in [7, 11) is 2.14. The summed E-state index contributed by atoms with van der Waals surface area (Å²) in [6, 6.07) is 11.6. The van der Waals surface area contributed by atoms with E-state index in [0.717, 1.165) is 34.9 Å². The van der Waals surface area contributed by atoms with E-state index in [1.165, 1.54) is 16.2 Å². The maximum absolute atomic E-state index is 13.0. The molecule has 4 rings (SSSR count). The molecule has 6 heteroatoms. The summed E-state index contributed by atoms with van der Waals surface area (Å²) in [6.45, 7) is 9.11. The molecule has 2 aliphatic heterocycles. The van der Waals surface area contributed by atoms with Crippen molar-refractivity contribution in [3.8, 4) is 0 Å². The molecule has 0 aromatic heterocycles. The van der Waals surface area contributed by atoms with Crippen LogP contribution in [0.2, 0.25) is 5.02 Å². The van der Waals surface area contributed by atoms with E-state index in [4.69, 9.17) is 11.6 Å². The summed E-state index contributed by atoms with van der Waals surface area (Å²) < 4.78 is 0. The molecule has 0 saturated carbocycles. The molecule has 2 amide bonds. The molecule has 1 saturated heterocycles. The summed E-state index contributed by atoms with van der Waals surface area (Å²) in [5.41, 5.74) is 5.60. The lowest BCUT2D eigenvalue weighted by Crippen LogP contribution is -2.45. The van der Waals surface area contributed by atoms with Crippen molar-refractivity contribution in [1.29, 1.82) is 0 Å². The first-order valence-corrected chi connectivity index (χ1v) is 11.6. The van der Waals surface area contributed by atoms with Crippen molar-refractivity contribution in [2.45, 2.75) is 52.1 Å². The molecule has 2 heterocycles. The summed E-state index contributed by atoms with van der Waals surface area (Å²) >= 11 is 6.94. The van der Waals surface area contributed by atoms with Crippen LogP contribution in [0.15, 0.2) is 41.3 Å². The standard InChI is InChI=1S/C25H27ClN2O2S/c1-15-10-21-20(16(2)13-25(3,4)27(21)5)11-18(15)12-22-23(29)28(24(30)31-22)14-17-6-8-19(26)9-7-17/h6-12,16H,13-14H2,1-5H3/b22-12-. The number of hydrogen-bond acceptors (Lipinski definition) is 4. The van der Waals surface area contributed by atoms with Gasteiger partial charge in [-0.05, 0) is 97.5 Å². The molecule has 2 aromatic carbocycles. The summed E-state index contributed by atoms with van der Waals surface area (Å²) in [6.07, 6.45) is 2.94. The van der Waals surface area contributed by atoms with Crippen LogP contribution in [0.1, 0.15) is 55.4 Å². The van der Waals surface area contributed by atoms with Gasteiger partial charge in [-0.2, -0.15) is 0 Å². The second kappa shape index (κ2) is 8.03. The zero-order valence-electron chi connectivity index (χ0n) is 18.5. The van der Waals surface area contributed by atoms with Gasteiger partial charge in [-0.1, -0.05) is 30.7 Å². The minimum absolute atomic E-state index is 0.102. The third-order valence-electron chi connectivity index (χ3n) is 6.44. The number of halogens is 1. The van der Waals surface area contributed by atoms with E-state index in [1.807, 2.05) is 18.2 Å². The number of imide groups is 1.